The highest BCUT2D eigenvalue weighted by molar-refractivity contribution is 6.03. The molecule has 0 aromatic heterocycles. The number of carbonyl (C=O) groups is 5. The largest absolute Gasteiger partial charge is 0.481 e. The Morgan fingerprint density at radius 2 is 0.975 bits per heavy atom. The van der Waals surface area contributed by atoms with Crippen molar-refractivity contribution in [1.82, 2.24) is 5.06 Å². The number of imide groups is 1. The van der Waals surface area contributed by atoms with Crippen molar-refractivity contribution in [2.75, 3.05) is 0 Å². The van der Waals surface area contributed by atoms with Gasteiger partial charge < -0.3 is 15.1 Å². The van der Waals surface area contributed by atoms with E-state index >= 15 is 0 Å². The number of carboxylic acids is 2. The molecule has 1 fully saturated rings. The van der Waals surface area contributed by atoms with E-state index in [9.17, 15) is 34.2 Å². The first-order valence-corrected chi connectivity index (χ1v) is 15.7. The maximum atomic E-state index is 13.6. The molecule has 1 saturated heterocycles. The quantitative estimate of drug-likeness (QED) is 0.0670. The molecule has 0 saturated carbocycles. The van der Waals surface area contributed by atoms with Gasteiger partial charge in [0.25, 0.3) is 11.8 Å². The minimum atomic E-state index is -2.03. The van der Waals surface area contributed by atoms with Gasteiger partial charge in [0.15, 0.2) is 5.92 Å². The number of hydroxylamine groups is 2. The first-order chi connectivity index (χ1) is 19.2. The van der Waals surface area contributed by atoms with Gasteiger partial charge in [-0.3, -0.25) is 19.2 Å². The topological polar surface area (TPSA) is 138 Å². The average molecular weight is 568 g/mol. The lowest BCUT2D eigenvalue weighted by Crippen LogP contribution is -2.50. The normalized spacial score (nSPS) is 13.8. The zero-order valence-electron chi connectivity index (χ0n) is 24.9. The van der Waals surface area contributed by atoms with Crippen LogP contribution >= 0.6 is 0 Å². The van der Waals surface area contributed by atoms with Crippen molar-refractivity contribution in [2.45, 2.75) is 155 Å². The first-order valence-electron chi connectivity index (χ1n) is 15.7. The van der Waals surface area contributed by atoms with Crippen LogP contribution in [0.5, 0.6) is 0 Å². The molecule has 0 aromatic rings. The fraction of sp³-hybridized carbons (Fsp3) is 0.839. The molecule has 1 rings (SSSR count). The van der Waals surface area contributed by atoms with Gasteiger partial charge in [-0.05, 0) is 12.8 Å². The molecule has 1 heterocycles. The monoisotopic (exact) mass is 567 g/mol. The zero-order chi connectivity index (χ0) is 29.8. The molecule has 1 aliphatic rings. The van der Waals surface area contributed by atoms with Gasteiger partial charge in [-0.25, -0.2) is 4.79 Å². The van der Waals surface area contributed by atoms with Crippen molar-refractivity contribution in [2.24, 2.45) is 11.3 Å². The molecular formula is C31H53NO8. The third-order valence-corrected chi connectivity index (χ3v) is 8.09. The van der Waals surface area contributed by atoms with E-state index in [1.165, 1.54) is 51.4 Å². The molecule has 1 aliphatic heterocycles. The number of hydrogen-bond donors (Lipinski definition) is 2. The molecule has 0 bridgehead atoms. The first kappa shape index (κ1) is 35.6. The second-order valence-electron chi connectivity index (χ2n) is 11.4. The van der Waals surface area contributed by atoms with Crippen LogP contribution in [-0.2, 0) is 28.8 Å². The van der Waals surface area contributed by atoms with Crippen molar-refractivity contribution in [1.29, 1.82) is 0 Å². The number of rotatable bonds is 25. The molecule has 9 heteroatoms. The molecule has 9 nitrogen and oxygen atoms in total. The highest BCUT2D eigenvalue weighted by Gasteiger charge is 2.55. The van der Waals surface area contributed by atoms with E-state index in [2.05, 4.69) is 13.8 Å². The highest BCUT2D eigenvalue weighted by Crippen LogP contribution is 2.42. The van der Waals surface area contributed by atoms with Gasteiger partial charge in [-0.15, -0.1) is 5.06 Å². The van der Waals surface area contributed by atoms with E-state index in [1.54, 1.807) is 0 Å². The Bertz CT molecular complexity index is 744. The minimum Gasteiger partial charge on any atom is -0.481 e. The Balaban J connectivity index is 2.96. The average Bonchev–Trinajstić information content (AvgIpc) is 3.22. The van der Waals surface area contributed by atoms with Crippen LogP contribution in [-0.4, -0.2) is 45.0 Å². The van der Waals surface area contributed by atoms with Crippen LogP contribution in [0.2, 0.25) is 0 Å². The number of aliphatic carboxylic acids is 2. The number of nitrogens with zero attached hydrogens (tertiary/aromatic N) is 1. The van der Waals surface area contributed by atoms with Crippen LogP contribution in [0.25, 0.3) is 0 Å². The molecule has 0 spiro atoms. The Morgan fingerprint density at radius 3 is 1.30 bits per heavy atom. The maximum absolute atomic E-state index is 13.6. The number of unbranched alkanes of at least 4 members (excludes halogenated alkanes) is 16. The summed E-state index contributed by atoms with van der Waals surface area (Å²) in [6.07, 6.45) is 17.8. The van der Waals surface area contributed by atoms with Gasteiger partial charge in [-0.2, -0.15) is 0 Å². The molecule has 0 atom stereocenters. The summed E-state index contributed by atoms with van der Waals surface area (Å²) in [6, 6.07) is 0. The van der Waals surface area contributed by atoms with E-state index in [0.717, 1.165) is 51.4 Å². The summed E-state index contributed by atoms with van der Waals surface area (Å²) in [7, 11) is 0. The van der Waals surface area contributed by atoms with Crippen molar-refractivity contribution in [3.63, 3.8) is 0 Å². The lowest BCUT2D eigenvalue weighted by atomic mass is 9.68. The van der Waals surface area contributed by atoms with Gasteiger partial charge in [0.2, 0.25) is 0 Å². The third kappa shape index (κ3) is 12.4. The number of carboxylic acid groups (broad SMARTS) is 2. The minimum absolute atomic E-state index is 0.0121. The molecule has 2 amide bonds. The smallest absolute Gasteiger partial charge is 0.340 e. The van der Waals surface area contributed by atoms with Crippen LogP contribution in [0.15, 0.2) is 0 Å². The van der Waals surface area contributed by atoms with Crippen molar-refractivity contribution < 1.29 is 39.0 Å². The summed E-state index contributed by atoms with van der Waals surface area (Å²) >= 11 is 0. The summed E-state index contributed by atoms with van der Waals surface area (Å²) in [6.45, 7) is 4.34. The maximum Gasteiger partial charge on any atom is 0.340 e. The van der Waals surface area contributed by atoms with E-state index in [4.69, 9.17) is 4.84 Å². The third-order valence-electron chi connectivity index (χ3n) is 8.09. The molecule has 0 aliphatic carbocycles. The highest BCUT2D eigenvalue weighted by atomic mass is 16.7. The summed E-state index contributed by atoms with van der Waals surface area (Å²) in [5, 5.41) is 20.3. The molecule has 0 unspecified atom stereocenters. The Hall–Kier alpha value is -2.45. The van der Waals surface area contributed by atoms with Gasteiger partial charge in [-0.1, -0.05) is 129 Å². The number of amides is 2. The van der Waals surface area contributed by atoms with Crippen molar-refractivity contribution >= 4 is 29.7 Å². The SMILES string of the molecule is CCCCCCCCCCCC(CCCCCCCCCCC)(C(=O)ON1C(=O)CCC1=O)C(C(=O)O)C(=O)O. The van der Waals surface area contributed by atoms with Crippen molar-refractivity contribution in [3.8, 4) is 0 Å². The lowest BCUT2D eigenvalue weighted by molar-refractivity contribution is -0.210. The van der Waals surface area contributed by atoms with Gasteiger partial charge >= 0.3 is 17.9 Å². The summed E-state index contributed by atoms with van der Waals surface area (Å²) in [5.41, 5.74) is -1.87. The van der Waals surface area contributed by atoms with Gasteiger partial charge in [0.1, 0.15) is 0 Å². The van der Waals surface area contributed by atoms with E-state index in [1.807, 2.05) is 0 Å². The Morgan fingerprint density at radius 1 is 0.650 bits per heavy atom. The van der Waals surface area contributed by atoms with E-state index in [0.29, 0.717) is 17.9 Å². The van der Waals surface area contributed by atoms with Gasteiger partial charge in [0, 0.05) is 12.8 Å². The van der Waals surface area contributed by atoms with Crippen LogP contribution < -0.4 is 0 Å². The van der Waals surface area contributed by atoms with Crippen molar-refractivity contribution in [3.05, 3.63) is 0 Å². The Labute approximate surface area is 240 Å². The predicted octanol–water partition coefficient (Wildman–Crippen LogP) is 7.21. The molecule has 2 N–H and O–H groups in total. The molecule has 40 heavy (non-hydrogen) atoms. The molecule has 230 valence electrons. The molecule has 0 aromatic carbocycles. The standard InChI is InChI=1S/C31H53NO8/c1-3-5-7-9-11-13-15-17-19-23-31(27(28(35)36)29(37)38,24-20-18-16-14-12-10-8-6-4-2)30(39)40-32-25(33)21-22-26(32)34/h27H,3-24H2,1-2H3,(H,35,36)(H,37,38). The second-order valence-corrected chi connectivity index (χ2v) is 11.4. The number of hydrogen-bond acceptors (Lipinski definition) is 6. The van der Waals surface area contributed by atoms with Crippen LogP contribution in [0, 0.1) is 11.3 Å². The summed E-state index contributed by atoms with van der Waals surface area (Å²) in [5.74, 6) is -7.73. The molecule has 0 radical (unpaired) electrons. The van der Waals surface area contributed by atoms with Crippen LogP contribution in [0.3, 0.4) is 0 Å². The predicted molar refractivity (Wildman–Crippen MR) is 152 cm³/mol. The molecular weight excluding hydrogens is 514 g/mol. The van der Waals surface area contributed by atoms with E-state index < -0.39 is 41.1 Å². The number of carbonyl (C=O) groups excluding carboxylic acids is 3. The fourth-order valence-corrected chi connectivity index (χ4v) is 5.65. The second kappa shape index (κ2) is 20.4. The van der Waals surface area contributed by atoms with Gasteiger partial charge in [0.05, 0.1) is 5.41 Å². The summed E-state index contributed by atoms with van der Waals surface area (Å²) < 4.78 is 0. The Kier molecular flexibility index (Phi) is 18.2. The summed E-state index contributed by atoms with van der Waals surface area (Å²) in [4.78, 5) is 67.6. The van der Waals surface area contributed by atoms with Crippen LogP contribution in [0.4, 0.5) is 0 Å². The van der Waals surface area contributed by atoms with Crippen LogP contribution in [0.1, 0.15) is 155 Å². The fourth-order valence-electron chi connectivity index (χ4n) is 5.65. The lowest BCUT2D eigenvalue weighted by Gasteiger charge is -2.35. The zero-order valence-corrected chi connectivity index (χ0v) is 24.9. The van der Waals surface area contributed by atoms with E-state index in [-0.39, 0.29) is 25.7 Å².